The van der Waals surface area contributed by atoms with Gasteiger partial charge in [-0.25, -0.2) is 4.79 Å². The van der Waals surface area contributed by atoms with Gasteiger partial charge in [-0.2, -0.15) is 0 Å². The van der Waals surface area contributed by atoms with Gasteiger partial charge in [0, 0.05) is 30.4 Å². The van der Waals surface area contributed by atoms with Crippen molar-refractivity contribution in [1.29, 1.82) is 0 Å². The highest BCUT2D eigenvalue weighted by Crippen LogP contribution is 2.31. The summed E-state index contributed by atoms with van der Waals surface area (Å²) >= 11 is 3.34. The fraction of sp³-hybridized carbons (Fsp3) is 0.385. The van der Waals surface area contributed by atoms with E-state index in [9.17, 15) is 19.7 Å². The van der Waals surface area contributed by atoms with E-state index in [-0.39, 0.29) is 23.1 Å². The van der Waals surface area contributed by atoms with Crippen LogP contribution in [0.5, 0.6) is 0 Å². The lowest BCUT2D eigenvalue weighted by Gasteiger charge is -2.19. The van der Waals surface area contributed by atoms with Gasteiger partial charge in [-0.15, -0.1) is 0 Å². The Hall–Kier alpha value is -1.96. The summed E-state index contributed by atoms with van der Waals surface area (Å²) in [5, 5.41) is 11.5. The maximum absolute atomic E-state index is 12.0. The molecule has 0 aromatic heterocycles. The number of halogens is 1. The minimum Gasteiger partial charge on any atom is -0.465 e. The highest BCUT2D eigenvalue weighted by molar-refractivity contribution is 9.09. The molecule has 1 amide bonds. The molecule has 0 aliphatic carbocycles. The number of rotatable bonds is 4. The molecule has 112 valence electrons. The van der Waals surface area contributed by atoms with Crippen LogP contribution in [0.4, 0.5) is 11.4 Å². The van der Waals surface area contributed by atoms with E-state index < -0.39 is 10.9 Å². The van der Waals surface area contributed by atoms with Gasteiger partial charge < -0.3 is 9.64 Å². The lowest BCUT2D eigenvalue weighted by atomic mass is 10.1. The van der Waals surface area contributed by atoms with Crippen LogP contribution in [-0.4, -0.2) is 35.8 Å². The van der Waals surface area contributed by atoms with Crippen LogP contribution in [0, 0.1) is 16.0 Å². The van der Waals surface area contributed by atoms with Crippen molar-refractivity contribution in [2.45, 2.75) is 6.42 Å². The van der Waals surface area contributed by atoms with E-state index in [1.807, 2.05) is 0 Å². The molecule has 1 atom stereocenters. The number of benzene rings is 1. The average Bonchev–Trinajstić information content (AvgIpc) is 2.86. The number of ether oxygens (including phenoxy) is 1. The molecule has 0 spiro atoms. The van der Waals surface area contributed by atoms with Crippen LogP contribution in [0.15, 0.2) is 18.2 Å². The molecule has 2 rings (SSSR count). The first kappa shape index (κ1) is 15.4. The molecule has 1 aromatic rings. The molecule has 8 heteroatoms. The number of nitro benzene ring substituents is 1. The topological polar surface area (TPSA) is 89.8 Å². The molecule has 1 aliphatic rings. The number of non-ortho nitro benzene ring substituents is 1. The lowest BCUT2D eigenvalue weighted by Crippen LogP contribution is -2.27. The molecule has 0 saturated carbocycles. The van der Waals surface area contributed by atoms with Gasteiger partial charge in [0.15, 0.2) is 0 Å². The fourth-order valence-electron chi connectivity index (χ4n) is 2.26. The number of nitrogens with zero attached hydrogens (tertiary/aromatic N) is 2. The number of alkyl halides is 1. The predicted molar refractivity (Wildman–Crippen MR) is 78.7 cm³/mol. The Morgan fingerprint density at radius 1 is 1.57 bits per heavy atom. The van der Waals surface area contributed by atoms with Crippen LogP contribution in [0.1, 0.15) is 16.8 Å². The number of nitro groups is 1. The molecule has 1 fully saturated rings. The van der Waals surface area contributed by atoms with Crippen LogP contribution in [0.3, 0.4) is 0 Å². The lowest BCUT2D eigenvalue weighted by molar-refractivity contribution is -0.384. The molecule has 1 heterocycles. The van der Waals surface area contributed by atoms with E-state index in [1.54, 1.807) is 0 Å². The Morgan fingerprint density at radius 2 is 2.29 bits per heavy atom. The number of methoxy groups -OCH3 is 1. The molecule has 1 aromatic carbocycles. The van der Waals surface area contributed by atoms with Crippen LogP contribution in [0.25, 0.3) is 0 Å². The maximum Gasteiger partial charge on any atom is 0.340 e. The van der Waals surface area contributed by atoms with Crippen molar-refractivity contribution < 1.29 is 19.2 Å². The summed E-state index contributed by atoms with van der Waals surface area (Å²) in [5.41, 5.74) is 0.152. The molecule has 1 unspecified atom stereocenters. The third kappa shape index (κ3) is 3.05. The second-order valence-corrected chi connectivity index (χ2v) is 5.33. The third-order valence-corrected chi connectivity index (χ3v) is 4.23. The maximum atomic E-state index is 12.0. The monoisotopic (exact) mass is 356 g/mol. The first-order valence-electron chi connectivity index (χ1n) is 6.21. The van der Waals surface area contributed by atoms with E-state index in [0.717, 1.165) is 6.07 Å². The summed E-state index contributed by atoms with van der Waals surface area (Å²) in [6.07, 6.45) is 0.378. The second kappa shape index (κ2) is 6.21. The Kier molecular flexibility index (Phi) is 4.56. The molecule has 0 N–H and O–H groups in total. The van der Waals surface area contributed by atoms with Crippen molar-refractivity contribution >= 4 is 39.2 Å². The Bertz CT molecular complexity index is 604. The summed E-state index contributed by atoms with van der Waals surface area (Å²) in [6, 6.07) is 3.82. The summed E-state index contributed by atoms with van der Waals surface area (Å²) in [7, 11) is 1.19. The number of carbonyl (C=O) groups excluding carboxylic acids is 2. The summed E-state index contributed by atoms with van der Waals surface area (Å²) in [6.45, 7) is 0.464. The Labute approximate surface area is 129 Å². The molecule has 1 aliphatic heterocycles. The van der Waals surface area contributed by atoms with Gasteiger partial charge in [-0.1, -0.05) is 15.9 Å². The van der Waals surface area contributed by atoms with E-state index in [1.165, 1.54) is 24.1 Å². The van der Waals surface area contributed by atoms with Crippen molar-refractivity contribution in [2.75, 3.05) is 23.9 Å². The van der Waals surface area contributed by atoms with Gasteiger partial charge in [-0.3, -0.25) is 14.9 Å². The summed E-state index contributed by atoms with van der Waals surface area (Å²) in [4.78, 5) is 35.6. The minimum absolute atomic E-state index is 0.0234. The number of amides is 1. The van der Waals surface area contributed by atoms with Crippen molar-refractivity contribution in [3.63, 3.8) is 0 Å². The van der Waals surface area contributed by atoms with Gasteiger partial charge in [-0.05, 0) is 12.0 Å². The standard InChI is InChI=1S/C13H13BrN2O5/c1-21-13(18)10-5-9(16(19)20)2-3-11(10)15-7-8(6-14)4-12(15)17/h2-3,5,8H,4,6-7H2,1H3. The first-order valence-corrected chi connectivity index (χ1v) is 7.33. The molecular weight excluding hydrogens is 344 g/mol. The number of hydrogen-bond acceptors (Lipinski definition) is 5. The molecule has 21 heavy (non-hydrogen) atoms. The minimum atomic E-state index is -0.705. The smallest absolute Gasteiger partial charge is 0.340 e. The van der Waals surface area contributed by atoms with Gasteiger partial charge in [0.2, 0.25) is 5.91 Å². The van der Waals surface area contributed by atoms with Gasteiger partial charge in [0.1, 0.15) is 0 Å². The highest BCUT2D eigenvalue weighted by atomic mass is 79.9. The number of hydrogen-bond donors (Lipinski definition) is 0. The molecular formula is C13H13BrN2O5. The van der Waals surface area contributed by atoms with Crippen molar-refractivity contribution in [3.05, 3.63) is 33.9 Å². The Balaban J connectivity index is 2.45. The average molecular weight is 357 g/mol. The van der Waals surface area contributed by atoms with Gasteiger partial charge in [0.25, 0.3) is 5.69 Å². The fourth-order valence-corrected chi connectivity index (χ4v) is 2.70. The van der Waals surface area contributed by atoms with Gasteiger partial charge >= 0.3 is 5.97 Å². The Morgan fingerprint density at radius 3 is 2.81 bits per heavy atom. The van der Waals surface area contributed by atoms with Crippen molar-refractivity contribution in [2.24, 2.45) is 5.92 Å². The molecule has 1 saturated heterocycles. The van der Waals surface area contributed by atoms with Crippen molar-refractivity contribution in [1.82, 2.24) is 0 Å². The zero-order valence-electron chi connectivity index (χ0n) is 11.2. The molecule has 0 radical (unpaired) electrons. The normalized spacial score (nSPS) is 17.9. The number of esters is 1. The van der Waals surface area contributed by atoms with E-state index >= 15 is 0 Å². The van der Waals surface area contributed by atoms with Crippen LogP contribution in [0.2, 0.25) is 0 Å². The predicted octanol–water partition coefficient (Wildman–Crippen LogP) is 2.13. The van der Waals surface area contributed by atoms with E-state index in [4.69, 9.17) is 0 Å². The van der Waals surface area contributed by atoms with E-state index in [2.05, 4.69) is 20.7 Å². The zero-order valence-corrected chi connectivity index (χ0v) is 12.8. The van der Waals surface area contributed by atoms with Crippen LogP contribution < -0.4 is 4.90 Å². The molecule has 7 nitrogen and oxygen atoms in total. The number of carbonyl (C=O) groups is 2. The highest BCUT2D eigenvalue weighted by Gasteiger charge is 2.33. The first-order chi connectivity index (χ1) is 9.97. The zero-order chi connectivity index (χ0) is 15.6. The van der Waals surface area contributed by atoms with Crippen molar-refractivity contribution in [3.8, 4) is 0 Å². The largest absolute Gasteiger partial charge is 0.465 e. The summed E-state index contributed by atoms with van der Waals surface area (Å²) in [5.74, 6) is -0.666. The van der Waals surface area contributed by atoms with Crippen LogP contribution >= 0.6 is 15.9 Å². The van der Waals surface area contributed by atoms with Crippen LogP contribution in [-0.2, 0) is 9.53 Å². The SMILES string of the molecule is COC(=O)c1cc([N+](=O)[O-])ccc1N1CC(CBr)CC1=O. The van der Waals surface area contributed by atoms with Gasteiger partial charge in [0.05, 0.1) is 23.3 Å². The molecule has 0 bridgehead atoms. The third-order valence-electron chi connectivity index (χ3n) is 3.31. The summed E-state index contributed by atoms with van der Waals surface area (Å²) < 4.78 is 4.65. The number of anilines is 1. The van der Waals surface area contributed by atoms with E-state index in [0.29, 0.717) is 24.0 Å². The second-order valence-electron chi connectivity index (χ2n) is 4.68. The quantitative estimate of drug-likeness (QED) is 0.356.